The van der Waals surface area contributed by atoms with Crippen molar-refractivity contribution in [2.24, 2.45) is 5.92 Å². The second-order valence-corrected chi connectivity index (χ2v) is 13.1. The molecule has 2 saturated heterocycles. The highest BCUT2D eigenvalue weighted by Crippen LogP contribution is 2.45. The zero-order chi connectivity index (χ0) is 32.8. The topological polar surface area (TPSA) is 125 Å². The first-order valence-electron chi connectivity index (χ1n) is 16.4. The predicted molar refractivity (Wildman–Crippen MR) is 180 cm³/mol. The Balaban J connectivity index is 1.11. The first kappa shape index (κ1) is 31.1. The average Bonchev–Trinajstić information content (AvgIpc) is 3.53. The Morgan fingerprint density at radius 2 is 1.72 bits per heavy atom. The van der Waals surface area contributed by atoms with Crippen molar-refractivity contribution in [3.05, 3.63) is 102 Å². The van der Waals surface area contributed by atoms with Gasteiger partial charge in [-0.15, -0.1) is 0 Å². The van der Waals surface area contributed by atoms with Crippen molar-refractivity contribution >= 4 is 34.8 Å². The number of rotatable bonds is 7. The Bertz CT molecular complexity index is 1720. The molecule has 3 aromatic rings. The molecule has 0 unspecified atom stereocenters. The van der Waals surface area contributed by atoms with Gasteiger partial charge in [0.2, 0.25) is 5.91 Å². The molecule has 0 saturated carbocycles. The number of benzene rings is 3. The molecule has 47 heavy (non-hydrogen) atoms. The lowest BCUT2D eigenvalue weighted by Crippen LogP contribution is -2.55. The monoisotopic (exact) mass is 635 g/mol. The summed E-state index contributed by atoms with van der Waals surface area (Å²) >= 11 is 0. The molecule has 10 nitrogen and oxygen atoms in total. The molecule has 4 N–H and O–H groups in total. The van der Waals surface area contributed by atoms with Crippen LogP contribution in [0.3, 0.4) is 0 Å². The molecular formula is C37H41N5O5. The van der Waals surface area contributed by atoms with Gasteiger partial charge in [0, 0.05) is 41.5 Å². The number of fused-ring (bicyclic) bond motifs is 2. The molecule has 1 spiro atoms. The molecule has 0 radical (unpaired) electrons. The van der Waals surface area contributed by atoms with Gasteiger partial charge in [-0.05, 0) is 73.8 Å². The predicted octanol–water partition coefficient (Wildman–Crippen LogP) is 3.29. The van der Waals surface area contributed by atoms with Gasteiger partial charge in [-0.3, -0.25) is 19.3 Å². The third-order valence-corrected chi connectivity index (χ3v) is 10.5. The summed E-state index contributed by atoms with van der Waals surface area (Å²) in [5, 5.41) is 28.2. The first-order valence-corrected chi connectivity index (χ1v) is 16.4. The van der Waals surface area contributed by atoms with Gasteiger partial charge in [0.15, 0.2) is 5.60 Å². The van der Waals surface area contributed by atoms with Crippen LogP contribution in [-0.2, 0) is 33.0 Å². The molecule has 3 amide bonds. The number of aliphatic hydroxyl groups excluding tert-OH is 1. The minimum atomic E-state index is -1.89. The van der Waals surface area contributed by atoms with E-state index < -0.39 is 23.0 Å². The van der Waals surface area contributed by atoms with Crippen LogP contribution in [0.2, 0.25) is 0 Å². The number of para-hydroxylation sites is 1. The molecule has 3 aromatic carbocycles. The summed E-state index contributed by atoms with van der Waals surface area (Å²) in [4.78, 5) is 46.5. The van der Waals surface area contributed by atoms with Gasteiger partial charge in [0.05, 0.1) is 19.3 Å². The molecular weight excluding hydrogens is 594 g/mol. The minimum Gasteiger partial charge on any atom is -0.394 e. The summed E-state index contributed by atoms with van der Waals surface area (Å²) in [5.74, 6) is -1.34. The van der Waals surface area contributed by atoms with E-state index in [1.165, 1.54) is 0 Å². The molecule has 0 aromatic heterocycles. The zero-order valence-electron chi connectivity index (χ0n) is 26.6. The van der Waals surface area contributed by atoms with Crippen LogP contribution < -0.4 is 20.4 Å². The Labute approximate surface area is 274 Å². The number of hydrogen-bond donors (Lipinski definition) is 4. The van der Waals surface area contributed by atoms with Crippen LogP contribution in [0.1, 0.15) is 42.9 Å². The largest absolute Gasteiger partial charge is 0.394 e. The van der Waals surface area contributed by atoms with Crippen molar-refractivity contribution < 1.29 is 24.6 Å². The number of carbonyl (C=O) groups is 3. The van der Waals surface area contributed by atoms with E-state index >= 15 is 0 Å². The zero-order valence-corrected chi connectivity index (χ0v) is 26.6. The molecule has 10 heteroatoms. The van der Waals surface area contributed by atoms with Crippen LogP contribution in [-0.4, -0.2) is 70.8 Å². The second kappa shape index (κ2) is 12.3. The summed E-state index contributed by atoms with van der Waals surface area (Å²) in [6.07, 6.45) is 5.41. The van der Waals surface area contributed by atoms with Crippen LogP contribution in [0.4, 0.5) is 17.1 Å². The van der Waals surface area contributed by atoms with Gasteiger partial charge in [-0.2, -0.15) is 0 Å². The van der Waals surface area contributed by atoms with Crippen molar-refractivity contribution in [3.8, 4) is 0 Å². The number of anilines is 3. The van der Waals surface area contributed by atoms with Crippen molar-refractivity contribution in [1.82, 2.24) is 10.2 Å². The van der Waals surface area contributed by atoms with Gasteiger partial charge in [0.1, 0.15) is 5.54 Å². The smallest absolute Gasteiger partial charge is 0.261 e. The van der Waals surface area contributed by atoms with Crippen LogP contribution >= 0.6 is 0 Å². The normalized spacial score (nSPS) is 24.1. The van der Waals surface area contributed by atoms with Gasteiger partial charge in [-0.25, -0.2) is 0 Å². The van der Waals surface area contributed by atoms with Crippen molar-refractivity contribution in [1.29, 1.82) is 0 Å². The van der Waals surface area contributed by atoms with Crippen LogP contribution in [0, 0.1) is 5.92 Å². The Morgan fingerprint density at radius 1 is 1.00 bits per heavy atom. The lowest BCUT2D eigenvalue weighted by molar-refractivity contribution is -0.137. The van der Waals surface area contributed by atoms with E-state index in [9.17, 15) is 24.6 Å². The summed E-state index contributed by atoms with van der Waals surface area (Å²) in [6.45, 7) is 3.89. The molecule has 3 atom stereocenters. The van der Waals surface area contributed by atoms with E-state index in [1.807, 2.05) is 60.7 Å². The molecule has 4 aliphatic heterocycles. The SMILES string of the molecule is C[C@@H](/C=C/CC(=O)N1Cc2ccccc2C[C@H]1CO)[C@]1(O)C(=O)Nc2ccc(N3CN(c4ccccc4)C4(CCNCC4)C3=O)cc21. The third-order valence-electron chi connectivity index (χ3n) is 10.5. The number of amides is 3. The lowest BCUT2D eigenvalue weighted by atomic mass is 9.82. The molecule has 2 fully saturated rings. The van der Waals surface area contributed by atoms with E-state index in [2.05, 4.69) is 15.5 Å². The maximum Gasteiger partial charge on any atom is 0.261 e. The molecule has 4 aliphatic rings. The van der Waals surface area contributed by atoms with Gasteiger partial charge >= 0.3 is 0 Å². The van der Waals surface area contributed by atoms with E-state index in [-0.39, 0.29) is 30.9 Å². The summed E-state index contributed by atoms with van der Waals surface area (Å²) in [6, 6.07) is 22.9. The molecule has 0 bridgehead atoms. The Kier molecular flexibility index (Phi) is 8.11. The van der Waals surface area contributed by atoms with Crippen LogP contribution in [0.5, 0.6) is 0 Å². The first-order chi connectivity index (χ1) is 22.8. The van der Waals surface area contributed by atoms with Crippen LogP contribution in [0.25, 0.3) is 0 Å². The highest BCUT2D eigenvalue weighted by atomic mass is 16.3. The van der Waals surface area contributed by atoms with Crippen molar-refractivity contribution in [2.75, 3.05) is 41.5 Å². The number of hydrogen-bond acceptors (Lipinski definition) is 7. The second-order valence-electron chi connectivity index (χ2n) is 13.1. The summed E-state index contributed by atoms with van der Waals surface area (Å²) < 4.78 is 0. The standard InChI is InChI=1S/C37H41N5O5/c1-25(8-7-13-33(44)40-22-27-10-6-5-9-26(27)20-30(40)23-43)37(47)31-21-29(14-15-32(31)39-34(37)45)41-24-42(28-11-3-2-4-12-28)36(35(41)46)16-18-38-19-17-36/h2-12,14-15,21,25,30,38,43,47H,13,16-20,22-24H2,1H3,(H,39,45)/b8-7+/t25-,30-,37+/m0/s1. The summed E-state index contributed by atoms with van der Waals surface area (Å²) in [7, 11) is 0. The van der Waals surface area contributed by atoms with Crippen molar-refractivity contribution in [2.45, 2.75) is 56.3 Å². The maximum absolute atomic E-state index is 14.2. The van der Waals surface area contributed by atoms with Gasteiger partial charge < -0.3 is 30.6 Å². The highest BCUT2D eigenvalue weighted by molar-refractivity contribution is 6.09. The van der Waals surface area contributed by atoms with E-state index in [1.54, 1.807) is 41.0 Å². The highest BCUT2D eigenvalue weighted by Gasteiger charge is 2.54. The number of nitrogens with one attached hydrogen (secondary N) is 2. The third kappa shape index (κ3) is 5.21. The Hall–Kier alpha value is -4.51. The van der Waals surface area contributed by atoms with Crippen LogP contribution in [0.15, 0.2) is 84.9 Å². The fraction of sp³-hybridized carbons (Fsp3) is 0.378. The summed E-state index contributed by atoms with van der Waals surface area (Å²) in [5.41, 5.74) is 2.14. The lowest BCUT2D eigenvalue weighted by Gasteiger charge is -2.39. The number of carbonyl (C=O) groups excluding carboxylic acids is 3. The molecule has 7 rings (SSSR count). The fourth-order valence-electron chi connectivity index (χ4n) is 7.76. The van der Waals surface area contributed by atoms with Gasteiger partial charge in [0.25, 0.3) is 11.8 Å². The minimum absolute atomic E-state index is 0.0107. The maximum atomic E-state index is 14.2. The number of piperidine rings is 1. The van der Waals surface area contributed by atoms with E-state index in [0.717, 1.165) is 29.9 Å². The molecule has 244 valence electrons. The Morgan fingerprint density at radius 3 is 2.47 bits per heavy atom. The number of nitrogens with zero attached hydrogens (tertiary/aromatic N) is 3. The van der Waals surface area contributed by atoms with Crippen molar-refractivity contribution in [3.63, 3.8) is 0 Å². The van der Waals surface area contributed by atoms with E-state index in [0.29, 0.717) is 49.4 Å². The number of aliphatic hydroxyl groups is 2. The molecule has 0 aliphatic carbocycles. The quantitative estimate of drug-likeness (QED) is 0.294. The fourth-order valence-corrected chi connectivity index (χ4v) is 7.76. The van der Waals surface area contributed by atoms with E-state index in [4.69, 9.17) is 0 Å². The average molecular weight is 636 g/mol. The molecule has 4 heterocycles. The van der Waals surface area contributed by atoms with Gasteiger partial charge in [-0.1, -0.05) is 61.5 Å².